The molecule has 4 aromatic rings. The zero-order valence-corrected chi connectivity index (χ0v) is 19.1. The minimum atomic E-state index is -0.0222. The van der Waals surface area contributed by atoms with Crippen molar-refractivity contribution in [3.8, 4) is 0 Å². The summed E-state index contributed by atoms with van der Waals surface area (Å²) in [5.74, 6) is 0.925. The predicted octanol–water partition coefficient (Wildman–Crippen LogP) is 5.00. The molecule has 1 fully saturated rings. The Morgan fingerprint density at radius 2 is 1.88 bits per heavy atom. The van der Waals surface area contributed by atoms with Crippen LogP contribution in [0.4, 0.5) is 5.69 Å². The number of hydrogen-bond donors (Lipinski definition) is 2. The van der Waals surface area contributed by atoms with Crippen LogP contribution >= 0.6 is 12.2 Å². The Morgan fingerprint density at radius 3 is 2.67 bits per heavy atom. The molecule has 0 amide bonds. The number of nitrogens with zero attached hydrogens (tertiary/aromatic N) is 3. The summed E-state index contributed by atoms with van der Waals surface area (Å²) < 4.78 is 7.85. The molecular formula is C26H27N5OS. The van der Waals surface area contributed by atoms with Crippen LogP contribution in [0, 0.1) is 0 Å². The molecule has 0 spiro atoms. The molecule has 0 saturated carbocycles. The van der Waals surface area contributed by atoms with E-state index >= 15 is 0 Å². The van der Waals surface area contributed by atoms with Crippen LogP contribution in [0.15, 0.2) is 95.9 Å². The largest absolute Gasteiger partial charge is 0.467 e. The third-order valence-corrected chi connectivity index (χ3v) is 6.30. The van der Waals surface area contributed by atoms with Gasteiger partial charge in [-0.2, -0.15) is 0 Å². The van der Waals surface area contributed by atoms with Gasteiger partial charge in [0.05, 0.1) is 30.6 Å². The molecule has 6 nitrogen and oxygen atoms in total. The molecule has 2 N–H and O–H groups in total. The zero-order valence-electron chi connectivity index (χ0n) is 18.3. The maximum absolute atomic E-state index is 5.81. The Labute approximate surface area is 199 Å². The number of rotatable bonds is 9. The summed E-state index contributed by atoms with van der Waals surface area (Å²) in [5, 5.41) is 7.80. The summed E-state index contributed by atoms with van der Waals surface area (Å²) in [4.78, 5) is 6.94. The zero-order chi connectivity index (χ0) is 22.5. The molecule has 1 saturated heterocycles. The second-order valence-electron chi connectivity index (χ2n) is 8.11. The number of pyridine rings is 1. The number of aromatic nitrogens is 2. The highest BCUT2D eigenvalue weighted by Gasteiger charge is 2.40. The van der Waals surface area contributed by atoms with Gasteiger partial charge in [-0.1, -0.05) is 24.3 Å². The van der Waals surface area contributed by atoms with Gasteiger partial charge in [-0.05, 0) is 67.2 Å². The summed E-state index contributed by atoms with van der Waals surface area (Å²) in [6.07, 6.45) is 6.61. The van der Waals surface area contributed by atoms with E-state index in [1.54, 1.807) is 6.26 Å². The fraction of sp³-hybridized carbons (Fsp3) is 0.231. The number of thiocarbonyl (C=S) groups is 1. The average Bonchev–Trinajstić information content (AvgIpc) is 3.59. The van der Waals surface area contributed by atoms with E-state index in [2.05, 4.69) is 61.6 Å². The lowest BCUT2D eigenvalue weighted by Crippen LogP contribution is -2.32. The molecule has 0 radical (unpaired) electrons. The van der Waals surface area contributed by atoms with Crippen LogP contribution < -0.4 is 10.6 Å². The molecule has 0 aliphatic carbocycles. The van der Waals surface area contributed by atoms with Crippen LogP contribution in [0.25, 0.3) is 0 Å². The van der Waals surface area contributed by atoms with Crippen molar-refractivity contribution in [3.63, 3.8) is 0 Å². The van der Waals surface area contributed by atoms with Crippen LogP contribution in [0.5, 0.6) is 0 Å². The topological polar surface area (TPSA) is 58.3 Å². The Kier molecular flexibility index (Phi) is 6.39. The summed E-state index contributed by atoms with van der Waals surface area (Å²) in [6, 6.07) is 24.5. The molecular weight excluding hydrogens is 430 g/mol. The Hall–Kier alpha value is -3.58. The normalized spacial score (nSPS) is 17.8. The maximum atomic E-state index is 5.81. The van der Waals surface area contributed by atoms with Gasteiger partial charge in [0.2, 0.25) is 0 Å². The van der Waals surface area contributed by atoms with Gasteiger partial charge < -0.3 is 24.5 Å². The smallest absolute Gasteiger partial charge is 0.170 e. The Bertz CT molecular complexity index is 1160. The molecule has 1 aliphatic heterocycles. The molecule has 0 unspecified atom stereocenters. The number of anilines is 1. The molecule has 0 bridgehead atoms. The van der Waals surface area contributed by atoms with Crippen molar-refractivity contribution in [2.45, 2.75) is 25.0 Å². The van der Waals surface area contributed by atoms with E-state index in [1.165, 1.54) is 5.69 Å². The molecule has 33 heavy (non-hydrogen) atoms. The minimum absolute atomic E-state index is 0.0222. The molecule has 2 atom stereocenters. The molecule has 168 valence electrons. The van der Waals surface area contributed by atoms with Crippen LogP contribution in [0.3, 0.4) is 0 Å². The molecule has 1 aliphatic rings. The fourth-order valence-electron chi connectivity index (χ4n) is 4.42. The van der Waals surface area contributed by atoms with Crippen molar-refractivity contribution in [2.24, 2.45) is 0 Å². The molecule has 3 aromatic heterocycles. The minimum Gasteiger partial charge on any atom is -0.467 e. The number of furan rings is 1. The van der Waals surface area contributed by atoms with Crippen LogP contribution in [0.1, 0.15) is 35.7 Å². The van der Waals surface area contributed by atoms with Gasteiger partial charge in [0, 0.05) is 36.9 Å². The van der Waals surface area contributed by atoms with Gasteiger partial charge in [-0.15, -0.1) is 0 Å². The fourth-order valence-corrected chi connectivity index (χ4v) is 4.75. The van der Waals surface area contributed by atoms with Crippen molar-refractivity contribution in [3.05, 3.63) is 109 Å². The SMILES string of the molecule is S=C1N[C@@H](c2ccccn2)[C@@H](c2cccn2Cc2ccco2)N1CCCNc1ccccc1. The van der Waals surface area contributed by atoms with E-state index in [-0.39, 0.29) is 12.1 Å². The van der Waals surface area contributed by atoms with Gasteiger partial charge in [0.15, 0.2) is 5.11 Å². The first-order valence-corrected chi connectivity index (χ1v) is 11.6. The number of hydrogen-bond acceptors (Lipinski definition) is 4. The van der Waals surface area contributed by atoms with Gasteiger partial charge in [-0.3, -0.25) is 4.98 Å². The van der Waals surface area contributed by atoms with Crippen molar-refractivity contribution in [2.75, 3.05) is 18.4 Å². The Balaban J connectivity index is 1.37. The van der Waals surface area contributed by atoms with Gasteiger partial charge in [0.25, 0.3) is 0 Å². The van der Waals surface area contributed by atoms with Crippen LogP contribution in [-0.4, -0.2) is 32.7 Å². The van der Waals surface area contributed by atoms with Crippen molar-refractivity contribution >= 4 is 23.0 Å². The average molecular weight is 458 g/mol. The number of benzene rings is 1. The molecule has 7 heteroatoms. The maximum Gasteiger partial charge on any atom is 0.170 e. The van der Waals surface area contributed by atoms with E-state index < -0.39 is 0 Å². The van der Waals surface area contributed by atoms with Gasteiger partial charge >= 0.3 is 0 Å². The summed E-state index contributed by atoms with van der Waals surface area (Å²) >= 11 is 5.81. The summed E-state index contributed by atoms with van der Waals surface area (Å²) in [5.41, 5.74) is 3.31. The lowest BCUT2D eigenvalue weighted by molar-refractivity contribution is 0.302. The standard InChI is InChI=1S/C26H27N5OS/c33-26-29-24(22-12-4-5-14-28-22)25(23-13-6-16-30(23)19-21-11-7-18-32-21)31(26)17-8-15-27-20-9-2-1-3-10-20/h1-7,9-14,16,18,24-25,27H,8,15,17,19H2,(H,29,33)/t24-,25+/m0/s1. The van der Waals surface area contributed by atoms with Crippen LogP contribution in [0.2, 0.25) is 0 Å². The molecule has 5 rings (SSSR count). The molecule has 4 heterocycles. The number of nitrogens with one attached hydrogen (secondary N) is 2. The first-order chi connectivity index (χ1) is 16.3. The highest BCUT2D eigenvalue weighted by atomic mass is 32.1. The predicted molar refractivity (Wildman–Crippen MR) is 134 cm³/mol. The van der Waals surface area contributed by atoms with Crippen molar-refractivity contribution < 1.29 is 4.42 Å². The van der Waals surface area contributed by atoms with E-state index in [0.717, 1.165) is 41.8 Å². The Morgan fingerprint density at radius 1 is 1.00 bits per heavy atom. The van der Waals surface area contributed by atoms with Gasteiger partial charge in [-0.25, -0.2) is 0 Å². The summed E-state index contributed by atoms with van der Waals surface area (Å²) in [7, 11) is 0. The van der Waals surface area contributed by atoms with E-state index in [4.69, 9.17) is 16.6 Å². The number of para-hydroxylation sites is 1. The first-order valence-electron chi connectivity index (χ1n) is 11.2. The van der Waals surface area contributed by atoms with Gasteiger partial charge in [0.1, 0.15) is 5.76 Å². The van der Waals surface area contributed by atoms with Crippen molar-refractivity contribution in [1.82, 2.24) is 19.8 Å². The lowest BCUT2D eigenvalue weighted by atomic mass is 10.0. The third-order valence-electron chi connectivity index (χ3n) is 5.95. The first kappa shape index (κ1) is 21.3. The highest BCUT2D eigenvalue weighted by Crippen LogP contribution is 2.39. The third kappa shape index (κ3) is 4.78. The quantitative estimate of drug-likeness (QED) is 0.273. The van der Waals surface area contributed by atoms with Crippen LogP contribution in [-0.2, 0) is 6.54 Å². The van der Waals surface area contributed by atoms with E-state index in [0.29, 0.717) is 6.54 Å². The molecule has 1 aromatic carbocycles. The van der Waals surface area contributed by atoms with E-state index in [1.807, 2.05) is 48.7 Å². The highest BCUT2D eigenvalue weighted by molar-refractivity contribution is 7.80. The second kappa shape index (κ2) is 9.92. The second-order valence-corrected chi connectivity index (χ2v) is 8.49. The lowest BCUT2D eigenvalue weighted by Gasteiger charge is -2.29. The monoisotopic (exact) mass is 457 g/mol. The van der Waals surface area contributed by atoms with Crippen molar-refractivity contribution in [1.29, 1.82) is 0 Å². The summed E-state index contributed by atoms with van der Waals surface area (Å²) in [6.45, 7) is 2.39. The van der Waals surface area contributed by atoms with E-state index in [9.17, 15) is 0 Å².